The van der Waals surface area contributed by atoms with Crippen LogP contribution in [0.2, 0.25) is 0 Å². The van der Waals surface area contributed by atoms with Gasteiger partial charge in [0.25, 0.3) is 6.33 Å². The summed E-state index contributed by atoms with van der Waals surface area (Å²) in [5.41, 5.74) is 32.7. The third kappa shape index (κ3) is 10.4. The van der Waals surface area contributed by atoms with Gasteiger partial charge in [0.2, 0.25) is 0 Å². The first-order valence-corrected chi connectivity index (χ1v) is 29.7. The lowest BCUT2D eigenvalue weighted by Crippen LogP contribution is -3.00. The Morgan fingerprint density at radius 1 is 0.385 bits per heavy atom. The van der Waals surface area contributed by atoms with Crippen molar-refractivity contribution in [2.45, 2.75) is 172 Å². The Bertz CT molecular complexity index is 3190. The molecule has 0 saturated carbocycles. The van der Waals surface area contributed by atoms with Crippen molar-refractivity contribution in [3.8, 4) is 33.9 Å². The van der Waals surface area contributed by atoms with Gasteiger partial charge in [0.15, 0.2) is 11.4 Å². The van der Waals surface area contributed by atoms with Crippen molar-refractivity contribution in [2.75, 3.05) is 0 Å². The SMILES string of the molecule is CCc1cc(CC)cc([C@@H](C)c2cc(C)cc([C@H](C)c3cc(CC)cc(CC)c3)c2-n2c[n+](-c3c([C@H](C)c4cc(CC)cc(CC)c4)cc(C)cc3[C@H](C)c3cc(CC)cc(CC)c3)c3c2-c2cccc4cccc-3c24)c1.[Cl-]. The van der Waals surface area contributed by atoms with E-state index in [9.17, 15) is 0 Å². The first kappa shape index (κ1) is 56.2. The smallest absolute Gasteiger partial charge is 0.255 e. The van der Waals surface area contributed by atoms with E-state index in [0.29, 0.717) is 0 Å². The molecular weight excluding hydrogens is 964 g/mol. The van der Waals surface area contributed by atoms with Gasteiger partial charge < -0.3 is 12.4 Å². The van der Waals surface area contributed by atoms with Gasteiger partial charge in [0.1, 0.15) is 11.4 Å². The first-order valence-electron chi connectivity index (χ1n) is 29.7. The Balaban J connectivity index is 0.00000740. The number of imidazole rings is 1. The normalized spacial score (nSPS) is 13.4. The summed E-state index contributed by atoms with van der Waals surface area (Å²) in [6, 6.07) is 53.8. The molecule has 0 N–H and O–H groups in total. The van der Waals surface area contributed by atoms with Crippen molar-refractivity contribution in [1.82, 2.24) is 4.57 Å². The number of halogens is 1. The molecule has 1 aromatic heterocycles. The van der Waals surface area contributed by atoms with Crippen molar-refractivity contribution < 1.29 is 17.0 Å². The van der Waals surface area contributed by atoms with Gasteiger partial charge in [-0.2, -0.15) is 9.13 Å². The molecule has 0 unspecified atom stereocenters. The zero-order valence-corrected chi connectivity index (χ0v) is 50.3. The molecule has 0 radical (unpaired) electrons. The first-order chi connectivity index (χ1) is 37.2. The highest BCUT2D eigenvalue weighted by atomic mass is 35.5. The van der Waals surface area contributed by atoms with Gasteiger partial charge >= 0.3 is 0 Å². The van der Waals surface area contributed by atoms with Crippen LogP contribution >= 0.6 is 0 Å². The lowest BCUT2D eigenvalue weighted by Gasteiger charge is -2.25. The highest BCUT2D eigenvalue weighted by Gasteiger charge is 2.41. The fraction of sp³-hybridized carbons (Fsp3) is 0.347. The van der Waals surface area contributed by atoms with Crippen LogP contribution < -0.4 is 17.0 Å². The molecule has 0 bridgehead atoms. The number of hydrogen-bond acceptors (Lipinski definition) is 0. The van der Waals surface area contributed by atoms with Gasteiger partial charge in [-0.1, -0.05) is 216 Å². The minimum absolute atomic E-state index is 0. The summed E-state index contributed by atoms with van der Waals surface area (Å²) in [5, 5.41) is 2.62. The second-order valence-electron chi connectivity index (χ2n) is 22.9. The second kappa shape index (κ2) is 23.5. The van der Waals surface area contributed by atoms with E-state index in [0.717, 1.165) is 51.4 Å². The predicted octanol–water partition coefficient (Wildman–Crippen LogP) is 16.3. The maximum absolute atomic E-state index is 2.69. The fourth-order valence-corrected chi connectivity index (χ4v) is 13.1. The van der Waals surface area contributed by atoms with E-state index >= 15 is 0 Å². The highest BCUT2D eigenvalue weighted by molar-refractivity contribution is 6.13. The van der Waals surface area contributed by atoms with Crippen LogP contribution in [-0.2, 0) is 51.4 Å². The summed E-state index contributed by atoms with van der Waals surface area (Å²) in [6.45, 7) is 33.0. The number of aromatic nitrogens is 2. The Kier molecular flexibility index (Phi) is 16.9. The molecule has 1 aliphatic carbocycles. The molecule has 0 amide bonds. The third-order valence-electron chi connectivity index (χ3n) is 17.9. The molecule has 1 heterocycles. The van der Waals surface area contributed by atoms with Gasteiger partial charge in [0, 0.05) is 62.4 Å². The molecule has 8 aromatic carbocycles. The summed E-state index contributed by atoms with van der Waals surface area (Å²) in [4.78, 5) is 0. The number of aryl methyl sites for hydroxylation is 10. The lowest BCUT2D eigenvalue weighted by atomic mass is 9.82. The van der Waals surface area contributed by atoms with Crippen LogP contribution in [0.4, 0.5) is 0 Å². The predicted molar refractivity (Wildman–Crippen MR) is 330 cm³/mol. The van der Waals surface area contributed by atoms with Crippen molar-refractivity contribution in [3.63, 3.8) is 0 Å². The van der Waals surface area contributed by atoms with Crippen LogP contribution in [0.15, 0.2) is 140 Å². The number of benzene rings is 8. The van der Waals surface area contributed by atoms with Gasteiger partial charge in [-0.05, 0) is 149 Å². The molecule has 10 rings (SSSR count). The second-order valence-corrected chi connectivity index (χ2v) is 22.9. The molecular formula is C75H85ClN2. The van der Waals surface area contributed by atoms with Crippen molar-refractivity contribution in [1.29, 1.82) is 0 Å². The lowest BCUT2D eigenvalue weighted by molar-refractivity contribution is -0.584. The molecule has 0 fully saturated rings. The average Bonchev–Trinajstić information content (AvgIpc) is 4.25. The fourth-order valence-electron chi connectivity index (χ4n) is 13.1. The van der Waals surface area contributed by atoms with E-state index in [1.54, 1.807) is 0 Å². The summed E-state index contributed by atoms with van der Waals surface area (Å²) < 4.78 is 5.39. The van der Waals surface area contributed by atoms with E-state index in [4.69, 9.17) is 0 Å². The summed E-state index contributed by atoms with van der Waals surface area (Å²) in [5.74, 6) is 0.480. The molecule has 2 nitrogen and oxygen atoms in total. The average molecular weight is 1050 g/mol. The Morgan fingerprint density at radius 3 is 1.03 bits per heavy atom. The summed E-state index contributed by atoms with van der Waals surface area (Å²) in [7, 11) is 0. The Hall–Kier alpha value is -6.48. The van der Waals surface area contributed by atoms with Crippen LogP contribution in [0, 0.1) is 13.8 Å². The zero-order valence-electron chi connectivity index (χ0n) is 49.5. The monoisotopic (exact) mass is 1050 g/mol. The Labute approximate surface area is 475 Å². The number of fused-ring (bicyclic) bond motifs is 3. The van der Waals surface area contributed by atoms with E-state index in [1.165, 1.54) is 145 Å². The summed E-state index contributed by atoms with van der Waals surface area (Å²) in [6.07, 6.45) is 10.7. The van der Waals surface area contributed by atoms with E-state index in [2.05, 4.69) is 246 Å². The minimum Gasteiger partial charge on any atom is -1.00 e. The molecule has 0 spiro atoms. The molecule has 0 aliphatic heterocycles. The third-order valence-corrected chi connectivity index (χ3v) is 17.9. The maximum Gasteiger partial charge on any atom is 0.255 e. The van der Waals surface area contributed by atoms with Crippen molar-refractivity contribution in [3.05, 3.63) is 240 Å². The number of nitrogens with zero attached hydrogens (tertiary/aromatic N) is 2. The Morgan fingerprint density at radius 2 is 0.692 bits per heavy atom. The van der Waals surface area contributed by atoms with Crippen LogP contribution in [-0.4, -0.2) is 4.57 Å². The standard InChI is InChI=1S/C75H85N2.ClH/c1-15-52-33-53(16-2)38-61(37-52)48(11)67-29-46(9)30-68(49(12)62-39-54(17-3)34-55(18-4)40-62)72(67)76-45-77(75-66-28-24-26-60-25-23-27-65(71(60)66)74(75)76)73-69(50(13)63-41-56(19-5)35-57(20-6)42-63)31-47(10)32-70(73)51(14)64-43-58(21-7)36-59(22-8)44-64;/h23-45,48-51H,15-22H2,1-14H3;1H/q+1;/p-1/t48-,49-,50-,51-;/m1./s1. The van der Waals surface area contributed by atoms with E-state index in [-0.39, 0.29) is 36.1 Å². The van der Waals surface area contributed by atoms with Crippen LogP contribution in [0.1, 0.15) is 207 Å². The molecule has 9 aromatic rings. The van der Waals surface area contributed by atoms with Gasteiger partial charge in [-0.3, -0.25) is 0 Å². The minimum atomic E-state index is 0. The maximum atomic E-state index is 2.69. The van der Waals surface area contributed by atoms with E-state index in [1.807, 2.05) is 0 Å². The number of hydrogen-bond donors (Lipinski definition) is 0. The molecule has 78 heavy (non-hydrogen) atoms. The zero-order chi connectivity index (χ0) is 54.4. The van der Waals surface area contributed by atoms with Gasteiger partial charge in [0.05, 0.1) is 0 Å². The van der Waals surface area contributed by atoms with Crippen LogP contribution in [0.25, 0.3) is 44.7 Å². The molecule has 1 aliphatic rings. The highest BCUT2D eigenvalue weighted by Crippen LogP contribution is 2.50. The van der Waals surface area contributed by atoms with E-state index < -0.39 is 0 Å². The molecule has 4 atom stereocenters. The molecule has 0 saturated heterocycles. The van der Waals surface area contributed by atoms with Crippen molar-refractivity contribution in [2.24, 2.45) is 0 Å². The van der Waals surface area contributed by atoms with Crippen LogP contribution in [0.5, 0.6) is 0 Å². The number of rotatable bonds is 18. The summed E-state index contributed by atoms with van der Waals surface area (Å²) >= 11 is 0. The van der Waals surface area contributed by atoms with Crippen LogP contribution in [0.3, 0.4) is 0 Å². The molecule has 3 heteroatoms. The van der Waals surface area contributed by atoms with Gasteiger partial charge in [-0.15, -0.1) is 0 Å². The molecule has 402 valence electrons. The topological polar surface area (TPSA) is 8.81 Å². The van der Waals surface area contributed by atoms with Gasteiger partial charge in [-0.25, -0.2) is 0 Å². The quantitative estimate of drug-likeness (QED) is 0.0758. The largest absolute Gasteiger partial charge is 1.00 e. The van der Waals surface area contributed by atoms with Crippen molar-refractivity contribution >= 4 is 10.8 Å².